The van der Waals surface area contributed by atoms with E-state index in [9.17, 15) is 9.59 Å². The second-order valence-corrected chi connectivity index (χ2v) is 5.43. The number of rotatable bonds is 4. The average molecular weight is 275 g/mol. The molecule has 1 N–H and O–H groups in total. The Morgan fingerprint density at radius 2 is 1.95 bits per heavy atom. The normalized spacial score (nSPS) is 18.9. The summed E-state index contributed by atoms with van der Waals surface area (Å²) in [4.78, 5) is 24.9. The Hall–Kier alpha value is -1.84. The summed E-state index contributed by atoms with van der Waals surface area (Å²) in [5, 5.41) is 8.83. The first-order chi connectivity index (χ1) is 9.58. The molecule has 1 heterocycles. The van der Waals surface area contributed by atoms with E-state index in [4.69, 9.17) is 5.11 Å². The second kappa shape index (κ2) is 6.55. The molecule has 4 nitrogen and oxygen atoms in total. The summed E-state index contributed by atoms with van der Waals surface area (Å²) in [6, 6.07) is 7.11. The van der Waals surface area contributed by atoms with Crippen molar-refractivity contribution in [3.63, 3.8) is 0 Å². The number of piperidine rings is 1. The van der Waals surface area contributed by atoms with E-state index in [0.29, 0.717) is 18.9 Å². The number of carboxylic acids is 1. The van der Waals surface area contributed by atoms with Crippen LogP contribution >= 0.6 is 0 Å². The first-order valence-corrected chi connectivity index (χ1v) is 7.19. The molecule has 1 aromatic rings. The van der Waals surface area contributed by atoms with Crippen LogP contribution in [-0.2, 0) is 11.2 Å². The molecule has 1 fully saturated rings. The van der Waals surface area contributed by atoms with Crippen LogP contribution in [0.2, 0.25) is 0 Å². The number of amides is 1. The Bertz CT molecular complexity index is 481. The fraction of sp³-hybridized carbons (Fsp3) is 0.500. The van der Waals surface area contributed by atoms with Gasteiger partial charge in [0, 0.05) is 19.0 Å². The molecule has 0 bridgehead atoms. The molecule has 0 spiro atoms. The van der Waals surface area contributed by atoms with Gasteiger partial charge in [0.15, 0.2) is 0 Å². The topological polar surface area (TPSA) is 57.6 Å². The van der Waals surface area contributed by atoms with Crippen molar-refractivity contribution in [2.24, 2.45) is 0 Å². The van der Waals surface area contributed by atoms with Gasteiger partial charge in [-0.05, 0) is 50.3 Å². The van der Waals surface area contributed by atoms with Gasteiger partial charge in [-0.25, -0.2) is 4.79 Å². The van der Waals surface area contributed by atoms with E-state index in [1.165, 1.54) is 6.42 Å². The SMILES string of the molecule is CC1CCCCN1C(=O)CCc1ccc(C(=O)O)cc1. The Balaban J connectivity index is 1.88. The van der Waals surface area contributed by atoms with Crippen molar-refractivity contribution in [1.82, 2.24) is 4.90 Å². The predicted octanol–water partition coefficient (Wildman–Crippen LogP) is 2.72. The average Bonchev–Trinajstić information content (AvgIpc) is 2.45. The molecule has 1 atom stereocenters. The van der Waals surface area contributed by atoms with Crippen molar-refractivity contribution in [3.05, 3.63) is 35.4 Å². The largest absolute Gasteiger partial charge is 0.478 e. The lowest BCUT2D eigenvalue weighted by Gasteiger charge is -2.33. The Labute approximate surface area is 119 Å². The quantitative estimate of drug-likeness (QED) is 0.919. The van der Waals surface area contributed by atoms with Gasteiger partial charge in [0.2, 0.25) is 5.91 Å². The van der Waals surface area contributed by atoms with Crippen LogP contribution in [0.15, 0.2) is 24.3 Å². The number of carbonyl (C=O) groups is 2. The van der Waals surface area contributed by atoms with Crippen LogP contribution in [0.5, 0.6) is 0 Å². The number of likely N-dealkylation sites (tertiary alicyclic amines) is 1. The molecule has 1 amide bonds. The predicted molar refractivity (Wildman–Crippen MR) is 76.7 cm³/mol. The van der Waals surface area contributed by atoms with Crippen molar-refractivity contribution in [1.29, 1.82) is 0 Å². The molecule has 1 saturated heterocycles. The molecule has 0 saturated carbocycles. The highest BCUT2D eigenvalue weighted by Crippen LogP contribution is 2.18. The Morgan fingerprint density at radius 3 is 2.55 bits per heavy atom. The van der Waals surface area contributed by atoms with Crippen molar-refractivity contribution in [2.45, 2.75) is 45.1 Å². The molecule has 1 aliphatic rings. The third-order valence-corrected chi connectivity index (χ3v) is 3.95. The van der Waals surface area contributed by atoms with Crippen molar-refractivity contribution >= 4 is 11.9 Å². The number of nitrogens with zero attached hydrogens (tertiary/aromatic N) is 1. The lowest BCUT2D eigenvalue weighted by molar-refractivity contribution is -0.134. The van der Waals surface area contributed by atoms with Gasteiger partial charge in [-0.2, -0.15) is 0 Å². The first kappa shape index (κ1) is 14.6. The maximum Gasteiger partial charge on any atom is 0.335 e. The van der Waals surface area contributed by atoms with Gasteiger partial charge in [0.05, 0.1) is 5.56 Å². The van der Waals surface area contributed by atoms with Gasteiger partial charge in [-0.15, -0.1) is 0 Å². The summed E-state index contributed by atoms with van der Waals surface area (Å²) in [6.07, 6.45) is 4.57. The van der Waals surface area contributed by atoms with Crippen LogP contribution in [-0.4, -0.2) is 34.5 Å². The van der Waals surface area contributed by atoms with E-state index in [2.05, 4.69) is 6.92 Å². The lowest BCUT2D eigenvalue weighted by Crippen LogP contribution is -2.42. The van der Waals surface area contributed by atoms with Crippen LogP contribution in [0, 0.1) is 0 Å². The molecule has 4 heteroatoms. The third-order valence-electron chi connectivity index (χ3n) is 3.95. The zero-order valence-electron chi connectivity index (χ0n) is 11.8. The van der Waals surface area contributed by atoms with E-state index in [0.717, 1.165) is 24.9 Å². The van der Waals surface area contributed by atoms with Crippen molar-refractivity contribution < 1.29 is 14.7 Å². The minimum absolute atomic E-state index is 0.208. The van der Waals surface area contributed by atoms with Crippen molar-refractivity contribution in [2.75, 3.05) is 6.54 Å². The van der Waals surface area contributed by atoms with Gasteiger partial charge < -0.3 is 10.0 Å². The van der Waals surface area contributed by atoms with Crippen molar-refractivity contribution in [3.8, 4) is 0 Å². The summed E-state index contributed by atoms with van der Waals surface area (Å²) < 4.78 is 0. The van der Waals surface area contributed by atoms with E-state index in [-0.39, 0.29) is 11.5 Å². The molecule has 0 radical (unpaired) electrons. The molecule has 2 rings (SSSR count). The fourth-order valence-electron chi connectivity index (χ4n) is 2.68. The maximum absolute atomic E-state index is 12.2. The number of carboxylic acid groups (broad SMARTS) is 1. The van der Waals surface area contributed by atoms with Crippen LogP contribution in [0.1, 0.15) is 48.5 Å². The highest BCUT2D eigenvalue weighted by Gasteiger charge is 2.22. The monoisotopic (exact) mass is 275 g/mol. The lowest BCUT2D eigenvalue weighted by atomic mass is 10.0. The summed E-state index contributed by atoms with van der Waals surface area (Å²) in [5.74, 6) is -0.714. The fourth-order valence-corrected chi connectivity index (χ4v) is 2.68. The molecular formula is C16H21NO3. The van der Waals surface area contributed by atoms with Gasteiger partial charge in [-0.3, -0.25) is 4.79 Å². The molecule has 0 aliphatic carbocycles. The summed E-state index contributed by atoms with van der Waals surface area (Å²) >= 11 is 0. The minimum Gasteiger partial charge on any atom is -0.478 e. The number of aryl methyl sites for hydroxylation is 1. The number of carbonyl (C=O) groups excluding carboxylic acids is 1. The van der Waals surface area contributed by atoms with E-state index in [1.54, 1.807) is 24.3 Å². The minimum atomic E-state index is -0.922. The number of aromatic carboxylic acids is 1. The highest BCUT2D eigenvalue weighted by molar-refractivity contribution is 5.87. The molecule has 20 heavy (non-hydrogen) atoms. The Morgan fingerprint density at radius 1 is 1.25 bits per heavy atom. The second-order valence-electron chi connectivity index (χ2n) is 5.43. The Kier molecular flexibility index (Phi) is 4.77. The third kappa shape index (κ3) is 3.59. The molecule has 1 aromatic carbocycles. The van der Waals surface area contributed by atoms with Crippen LogP contribution in [0.3, 0.4) is 0 Å². The summed E-state index contributed by atoms with van der Waals surface area (Å²) in [6.45, 7) is 2.98. The highest BCUT2D eigenvalue weighted by atomic mass is 16.4. The standard InChI is InChI=1S/C16H21NO3/c1-12-4-2-3-11-17(12)15(18)10-7-13-5-8-14(9-6-13)16(19)20/h5-6,8-9,12H,2-4,7,10-11H2,1H3,(H,19,20). The van der Waals surface area contributed by atoms with Crippen LogP contribution < -0.4 is 0 Å². The smallest absolute Gasteiger partial charge is 0.335 e. The number of hydrogen-bond donors (Lipinski definition) is 1. The van der Waals surface area contributed by atoms with Gasteiger partial charge in [0.25, 0.3) is 0 Å². The van der Waals surface area contributed by atoms with Gasteiger partial charge in [-0.1, -0.05) is 12.1 Å². The number of benzene rings is 1. The molecule has 1 aliphatic heterocycles. The van der Waals surface area contributed by atoms with E-state index in [1.807, 2.05) is 4.90 Å². The first-order valence-electron chi connectivity index (χ1n) is 7.19. The molecule has 1 unspecified atom stereocenters. The van der Waals surface area contributed by atoms with Gasteiger partial charge >= 0.3 is 5.97 Å². The zero-order chi connectivity index (χ0) is 14.5. The van der Waals surface area contributed by atoms with Crippen LogP contribution in [0.25, 0.3) is 0 Å². The van der Waals surface area contributed by atoms with E-state index >= 15 is 0 Å². The number of hydrogen-bond acceptors (Lipinski definition) is 2. The molecule has 108 valence electrons. The summed E-state index contributed by atoms with van der Waals surface area (Å²) in [7, 11) is 0. The summed E-state index contributed by atoms with van der Waals surface area (Å²) in [5.41, 5.74) is 1.29. The maximum atomic E-state index is 12.2. The van der Waals surface area contributed by atoms with E-state index < -0.39 is 5.97 Å². The molecule has 0 aromatic heterocycles. The van der Waals surface area contributed by atoms with Crippen LogP contribution in [0.4, 0.5) is 0 Å². The van der Waals surface area contributed by atoms with Gasteiger partial charge in [0.1, 0.15) is 0 Å². The molecular weight excluding hydrogens is 254 g/mol. The zero-order valence-corrected chi connectivity index (χ0v) is 11.8.